The van der Waals surface area contributed by atoms with Crippen LogP contribution in [0.4, 0.5) is 0 Å². The van der Waals surface area contributed by atoms with E-state index in [0.717, 1.165) is 44.9 Å². The zero-order chi connectivity index (χ0) is 56.2. The lowest BCUT2D eigenvalue weighted by Gasteiger charge is -2.48. The van der Waals surface area contributed by atoms with Gasteiger partial charge in [-0.3, -0.25) is 4.79 Å². The van der Waals surface area contributed by atoms with Gasteiger partial charge in [-0.2, -0.15) is 0 Å². The number of nitrogens with one attached hydrogen (secondary N) is 1. The molecule has 19 nitrogen and oxygen atoms in total. The van der Waals surface area contributed by atoms with Crippen molar-refractivity contribution >= 4 is 5.91 Å². The van der Waals surface area contributed by atoms with Crippen LogP contribution in [-0.2, 0) is 33.2 Å². The lowest BCUT2D eigenvalue weighted by Crippen LogP contribution is -2.66. The number of carbonyl (C=O) groups is 1. The van der Waals surface area contributed by atoms with Crippen molar-refractivity contribution < 1.29 is 89.4 Å². The van der Waals surface area contributed by atoms with Gasteiger partial charge in [-0.05, 0) is 44.9 Å². The Kier molecular flexibility index (Phi) is 37.7. The van der Waals surface area contributed by atoms with Crippen LogP contribution in [0.25, 0.3) is 0 Å². The third kappa shape index (κ3) is 26.2. The van der Waals surface area contributed by atoms with Crippen LogP contribution in [-0.4, -0.2) is 193 Å². The van der Waals surface area contributed by atoms with E-state index in [0.29, 0.717) is 12.8 Å². The molecule has 0 bridgehead atoms. The van der Waals surface area contributed by atoms with Crippen molar-refractivity contribution in [3.63, 3.8) is 0 Å². The van der Waals surface area contributed by atoms with E-state index in [4.69, 9.17) is 28.4 Å². The van der Waals surface area contributed by atoms with Crippen molar-refractivity contribution in [3.8, 4) is 0 Å². The molecule has 12 N–H and O–H groups in total. The second kappa shape index (κ2) is 41.9. The summed E-state index contributed by atoms with van der Waals surface area (Å²) in [5.41, 5.74) is 0. The standard InChI is InChI=1S/C58H105NO18/c1-3-5-7-9-11-13-15-17-19-20-21-22-24-26-28-30-32-34-36-46(64)59-41(42(63)35-33-31-29-27-25-23-18-16-14-12-10-8-6-4-2)40-72-56-52(70)49(67)54(44(38-61)74-56)77-58-53(71)50(68)55(45(39-62)75-58)76-57-51(69)48(66)47(65)43(37-60)73-57/h14,16,25,27,33,35,41-45,47-58,60-63,65-71H,3-13,15,17-24,26,28-32,34,36-40H2,1-2H3,(H,59,64)/b16-14+,27-25+,35-33+. The summed E-state index contributed by atoms with van der Waals surface area (Å²) in [6.07, 6.45) is 17.0. The molecule has 0 aliphatic carbocycles. The van der Waals surface area contributed by atoms with Gasteiger partial charge >= 0.3 is 0 Å². The highest BCUT2D eigenvalue weighted by Crippen LogP contribution is 2.33. The van der Waals surface area contributed by atoms with Crippen molar-refractivity contribution in [2.45, 2.75) is 298 Å². The smallest absolute Gasteiger partial charge is 0.220 e. The highest BCUT2D eigenvalue weighted by molar-refractivity contribution is 5.76. The first-order valence-electron chi connectivity index (χ1n) is 29.7. The molecule has 3 saturated heterocycles. The van der Waals surface area contributed by atoms with Crippen molar-refractivity contribution in [1.29, 1.82) is 0 Å². The molecule has 0 aromatic rings. The lowest BCUT2D eigenvalue weighted by atomic mass is 9.96. The number of hydrogen-bond acceptors (Lipinski definition) is 18. The second-order valence-electron chi connectivity index (χ2n) is 21.4. The number of hydrogen-bond donors (Lipinski definition) is 12. The SMILES string of the molecule is CCCCCC/C=C/CC/C=C/CC/C=C/C(O)C(COC1OC(CO)C(OC2OC(CO)C(OC3OC(CO)C(O)C(O)C3O)C(O)C2O)C(O)C1O)NC(=O)CCCCCCCCCCCCCCCCCCCC. The molecule has 0 aromatic carbocycles. The molecule has 0 aromatic heterocycles. The number of unbranched alkanes of at least 4 members (excludes halogenated alkanes) is 23. The summed E-state index contributed by atoms with van der Waals surface area (Å²) in [6.45, 7) is 1.67. The van der Waals surface area contributed by atoms with Crippen molar-refractivity contribution in [2.75, 3.05) is 26.4 Å². The van der Waals surface area contributed by atoms with Crippen LogP contribution in [0.15, 0.2) is 36.5 Å². The van der Waals surface area contributed by atoms with E-state index in [1.807, 2.05) is 6.08 Å². The highest BCUT2D eigenvalue weighted by Gasteiger charge is 2.53. The maximum Gasteiger partial charge on any atom is 0.220 e. The van der Waals surface area contributed by atoms with Gasteiger partial charge in [-0.1, -0.05) is 179 Å². The molecule has 0 saturated carbocycles. The van der Waals surface area contributed by atoms with E-state index in [1.165, 1.54) is 116 Å². The molecule has 3 aliphatic rings. The van der Waals surface area contributed by atoms with Crippen LogP contribution in [0, 0.1) is 0 Å². The minimum atomic E-state index is -1.98. The average molecular weight is 1100 g/mol. The van der Waals surface area contributed by atoms with Gasteiger partial charge in [-0.25, -0.2) is 0 Å². The predicted octanol–water partition coefficient (Wildman–Crippen LogP) is 4.93. The summed E-state index contributed by atoms with van der Waals surface area (Å²) in [5, 5.41) is 120. The Hall–Kier alpha value is -1.99. The third-order valence-corrected chi connectivity index (χ3v) is 14.9. The normalized spacial score (nSPS) is 30.9. The van der Waals surface area contributed by atoms with E-state index in [-0.39, 0.29) is 18.9 Å². The van der Waals surface area contributed by atoms with Crippen LogP contribution >= 0.6 is 0 Å². The Bertz CT molecular complexity index is 1550. The van der Waals surface area contributed by atoms with Gasteiger partial charge in [0.2, 0.25) is 5.91 Å². The summed E-state index contributed by atoms with van der Waals surface area (Å²) in [5.74, 6) is -0.289. The predicted molar refractivity (Wildman–Crippen MR) is 291 cm³/mol. The summed E-state index contributed by atoms with van der Waals surface area (Å²) in [6, 6.07) is -0.992. The van der Waals surface area contributed by atoms with Crippen LogP contribution in [0.1, 0.15) is 194 Å². The second-order valence-corrected chi connectivity index (χ2v) is 21.4. The number of amides is 1. The minimum absolute atomic E-state index is 0.235. The maximum atomic E-state index is 13.3. The largest absolute Gasteiger partial charge is 0.394 e. The molecule has 19 heteroatoms. The quantitative estimate of drug-likeness (QED) is 0.0285. The van der Waals surface area contributed by atoms with E-state index < -0.39 is 124 Å². The van der Waals surface area contributed by atoms with Gasteiger partial charge in [-0.15, -0.1) is 0 Å². The molecule has 17 unspecified atom stereocenters. The van der Waals surface area contributed by atoms with E-state index in [1.54, 1.807) is 6.08 Å². The summed E-state index contributed by atoms with van der Waals surface area (Å²) >= 11 is 0. The number of carbonyl (C=O) groups excluding carboxylic acids is 1. The van der Waals surface area contributed by atoms with Crippen molar-refractivity contribution in [3.05, 3.63) is 36.5 Å². The Morgan fingerprint density at radius 2 is 0.831 bits per heavy atom. The first kappa shape index (κ1) is 69.3. The monoisotopic (exact) mass is 1100 g/mol. The average Bonchev–Trinajstić information content (AvgIpc) is 3.43. The van der Waals surface area contributed by atoms with Crippen molar-refractivity contribution in [2.24, 2.45) is 0 Å². The Morgan fingerprint density at radius 3 is 1.30 bits per heavy atom. The number of rotatable bonds is 43. The Morgan fingerprint density at radius 1 is 0.455 bits per heavy atom. The molecule has 0 radical (unpaired) electrons. The van der Waals surface area contributed by atoms with E-state index in [2.05, 4.69) is 43.5 Å². The molecule has 3 rings (SSSR count). The molecule has 1 amide bonds. The first-order chi connectivity index (χ1) is 37.3. The fourth-order valence-electron chi connectivity index (χ4n) is 9.99. The van der Waals surface area contributed by atoms with Crippen molar-refractivity contribution in [1.82, 2.24) is 5.32 Å². The topological polar surface area (TPSA) is 307 Å². The van der Waals surface area contributed by atoms with Gasteiger partial charge in [0.15, 0.2) is 18.9 Å². The lowest BCUT2D eigenvalue weighted by molar-refractivity contribution is -0.379. The minimum Gasteiger partial charge on any atom is -0.394 e. The van der Waals surface area contributed by atoms with E-state index in [9.17, 15) is 61.0 Å². The maximum absolute atomic E-state index is 13.3. The molecule has 450 valence electrons. The molecular formula is C58H105NO18. The summed E-state index contributed by atoms with van der Waals surface area (Å²) in [4.78, 5) is 13.3. The molecule has 3 aliphatic heterocycles. The van der Waals surface area contributed by atoms with Gasteiger partial charge < -0.3 is 89.9 Å². The molecule has 77 heavy (non-hydrogen) atoms. The number of aliphatic hydroxyl groups is 11. The Balaban J connectivity index is 1.52. The van der Waals surface area contributed by atoms with Crippen LogP contribution in [0.5, 0.6) is 0 Å². The Labute approximate surface area is 460 Å². The van der Waals surface area contributed by atoms with Gasteiger partial charge in [0.05, 0.1) is 38.6 Å². The van der Waals surface area contributed by atoms with Crippen LogP contribution in [0.3, 0.4) is 0 Å². The summed E-state index contributed by atoms with van der Waals surface area (Å²) in [7, 11) is 0. The third-order valence-electron chi connectivity index (χ3n) is 14.9. The van der Waals surface area contributed by atoms with Crippen LogP contribution < -0.4 is 5.32 Å². The number of allylic oxidation sites excluding steroid dienone is 5. The molecular weight excluding hydrogens is 999 g/mol. The molecule has 3 heterocycles. The zero-order valence-electron chi connectivity index (χ0n) is 46.7. The van der Waals surface area contributed by atoms with Crippen LogP contribution in [0.2, 0.25) is 0 Å². The summed E-state index contributed by atoms with van der Waals surface area (Å²) < 4.78 is 34.2. The molecule has 3 fully saturated rings. The number of aliphatic hydroxyl groups excluding tert-OH is 11. The number of ether oxygens (including phenoxy) is 6. The molecule has 17 atom stereocenters. The zero-order valence-corrected chi connectivity index (χ0v) is 46.7. The first-order valence-corrected chi connectivity index (χ1v) is 29.7. The fraction of sp³-hybridized carbons (Fsp3) is 0.879. The highest BCUT2D eigenvalue weighted by atomic mass is 16.8. The van der Waals surface area contributed by atoms with Gasteiger partial charge in [0.1, 0.15) is 73.2 Å². The molecule has 0 spiro atoms. The van der Waals surface area contributed by atoms with Gasteiger partial charge in [0, 0.05) is 6.42 Å². The fourth-order valence-corrected chi connectivity index (χ4v) is 9.99. The van der Waals surface area contributed by atoms with Gasteiger partial charge in [0.25, 0.3) is 0 Å². The van der Waals surface area contributed by atoms with E-state index >= 15 is 0 Å².